The summed E-state index contributed by atoms with van der Waals surface area (Å²) >= 11 is 12.0. The van der Waals surface area contributed by atoms with Crippen molar-refractivity contribution in [1.82, 2.24) is 14.8 Å². The molecule has 0 radical (unpaired) electrons. The second kappa shape index (κ2) is 10.2. The number of benzene rings is 1. The van der Waals surface area contributed by atoms with Crippen molar-refractivity contribution in [2.45, 2.75) is 25.8 Å². The smallest absolute Gasteiger partial charge is 0.319 e. The summed E-state index contributed by atoms with van der Waals surface area (Å²) in [5.41, 5.74) is 3.21. The highest BCUT2D eigenvalue weighted by Crippen LogP contribution is 2.23. The van der Waals surface area contributed by atoms with Gasteiger partial charge in [0.2, 0.25) is 0 Å². The van der Waals surface area contributed by atoms with Crippen LogP contribution in [0.5, 0.6) is 0 Å². The maximum atomic E-state index is 12.6. The molecule has 0 saturated carbocycles. The number of amides is 2. The standard InChI is InChI=1S/C20H24Cl2N4O.ClH/c1-25(11-9-16-7-6-15-4-3-10-23-19(15)24-16)20(27)26(2)13-14-5-8-17(21)18(22)12-14;/h5-8,12H,3-4,9-11,13H2,1-2H3,(H,23,24);1H. The Balaban J connectivity index is 0.00000280. The molecule has 0 fully saturated rings. The predicted molar refractivity (Wildman–Crippen MR) is 118 cm³/mol. The van der Waals surface area contributed by atoms with Gasteiger partial charge in [0.15, 0.2) is 0 Å². The molecule has 0 aliphatic carbocycles. The SMILES string of the molecule is CN(CCc1ccc2c(n1)NCCC2)C(=O)N(C)Cc1ccc(Cl)c(Cl)c1.Cl. The first-order chi connectivity index (χ1) is 12.9. The Kier molecular flexibility index (Phi) is 8.23. The molecule has 152 valence electrons. The zero-order chi connectivity index (χ0) is 19.4. The molecule has 5 nitrogen and oxygen atoms in total. The lowest BCUT2D eigenvalue weighted by Gasteiger charge is -2.25. The molecule has 2 aromatic rings. The maximum absolute atomic E-state index is 12.6. The molecule has 0 atom stereocenters. The van der Waals surface area contributed by atoms with Gasteiger partial charge in [-0.3, -0.25) is 0 Å². The van der Waals surface area contributed by atoms with Gasteiger partial charge in [-0.05, 0) is 42.2 Å². The number of halogens is 3. The van der Waals surface area contributed by atoms with E-state index in [9.17, 15) is 4.79 Å². The Morgan fingerprint density at radius 3 is 2.68 bits per heavy atom. The zero-order valence-electron chi connectivity index (χ0n) is 16.0. The summed E-state index contributed by atoms with van der Waals surface area (Å²) in [5, 5.41) is 4.36. The summed E-state index contributed by atoms with van der Waals surface area (Å²) < 4.78 is 0. The minimum absolute atomic E-state index is 0. The fourth-order valence-corrected chi connectivity index (χ4v) is 3.48. The quantitative estimate of drug-likeness (QED) is 0.715. The van der Waals surface area contributed by atoms with Crippen LogP contribution in [0.1, 0.15) is 23.2 Å². The molecule has 1 aliphatic heterocycles. The number of nitrogens with zero attached hydrogens (tertiary/aromatic N) is 3. The zero-order valence-corrected chi connectivity index (χ0v) is 18.4. The first-order valence-electron chi connectivity index (χ1n) is 9.07. The summed E-state index contributed by atoms with van der Waals surface area (Å²) in [4.78, 5) is 20.7. The summed E-state index contributed by atoms with van der Waals surface area (Å²) in [6.07, 6.45) is 2.95. The van der Waals surface area contributed by atoms with E-state index in [-0.39, 0.29) is 18.4 Å². The van der Waals surface area contributed by atoms with E-state index in [1.54, 1.807) is 29.0 Å². The molecule has 1 N–H and O–H groups in total. The van der Waals surface area contributed by atoms with Gasteiger partial charge in [-0.1, -0.05) is 35.3 Å². The van der Waals surface area contributed by atoms with Crippen LogP contribution >= 0.6 is 35.6 Å². The lowest BCUT2D eigenvalue weighted by Crippen LogP contribution is -2.39. The van der Waals surface area contributed by atoms with Crippen LogP contribution in [0.15, 0.2) is 30.3 Å². The number of rotatable bonds is 5. The number of nitrogens with one attached hydrogen (secondary N) is 1. The van der Waals surface area contributed by atoms with Gasteiger partial charge in [-0.25, -0.2) is 9.78 Å². The molecule has 1 aromatic heterocycles. The number of carbonyl (C=O) groups excluding carboxylic acids is 1. The molecule has 1 aromatic carbocycles. The lowest BCUT2D eigenvalue weighted by atomic mass is 10.1. The molecule has 0 saturated heterocycles. The Bertz CT molecular complexity index is 831. The number of pyridine rings is 1. The lowest BCUT2D eigenvalue weighted by molar-refractivity contribution is 0.171. The Morgan fingerprint density at radius 2 is 1.93 bits per heavy atom. The molecule has 0 unspecified atom stereocenters. The number of anilines is 1. The summed E-state index contributed by atoms with van der Waals surface area (Å²) in [6.45, 7) is 2.05. The van der Waals surface area contributed by atoms with Crippen LogP contribution in [0.2, 0.25) is 10.0 Å². The molecular weight excluding hydrogens is 419 g/mol. The Morgan fingerprint density at radius 1 is 1.14 bits per heavy atom. The average Bonchev–Trinajstić information content (AvgIpc) is 2.68. The minimum Gasteiger partial charge on any atom is -0.370 e. The summed E-state index contributed by atoms with van der Waals surface area (Å²) in [5.74, 6) is 0.990. The first-order valence-corrected chi connectivity index (χ1v) is 9.82. The van der Waals surface area contributed by atoms with Crippen molar-refractivity contribution >= 4 is 47.5 Å². The van der Waals surface area contributed by atoms with E-state index in [0.29, 0.717) is 23.1 Å². The van der Waals surface area contributed by atoms with Crippen LogP contribution in [0.4, 0.5) is 10.6 Å². The highest BCUT2D eigenvalue weighted by molar-refractivity contribution is 6.42. The molecule has 3 rings (SSSR count). The van der Waals surface area contributed by atoms with E-state index in [1.165, 1.54) is 5.56 Å². The second-order valence-electron chi connectivity index (χ2n) is 6.90. The Hall–Kier alpha value is -1.69. The third-order valence-corrected chi connectivity index (χ3v) is 5.45. The number of likely N-dealkylation sites (N-methyl/N-ethyl adjacent to an activating group) is 1. The van der Waals surface area contributed by atoms with Gasteiger partial charge in [-0.15, -0.1) is 12.4 Å². The number of carbonyl (C=O) groups is 1. The topological polar surface area (TPSA) is 48.5 Å². The fraction of sp³-hybridized carbons (Fsp3) is 0.400. The summed E-state index contributed by atoms with van der Waals surface area (Å²) in [7, 11) is 3.59. The van der Waals surface area contributed by atoms with Crippen molar-refractivity contribution < 1.29 is 4.79 Å². The summed E-state index contributed by atoms with van der Waals surface area (Å²) in [6, 6.07) is 9.57. The maximum Gasteiger partial charge on any atom is 0.319 e. The number of hydrogen-bond acceptors (Lipinski definition) is 3. The number of aromatic nitrogens is 1. The molecule has 0 spiro atoms. The van der Waals surface area contributed by atoms with Crippen molar-refractivity contribution in [3.63, 3.8) is 0 Å². The van der Waals surface area contributed by atoms with Crippen LogP contribution in [0, 0.1) is 0 Å². The van der Waals surface area contributed by atoms with Gasteiger partial charge in [0.1, 0.15) is 5.82 Å². The van der Waals surface area contributed by atoms with E-state index in [0.717, 1.165) is 42.9 Å². The van der Waals surface area contributed by atoms with Crippen molar-refractivity contribution in [3.05, 3.63) is 57.2 Å². The number of fused-ring (bicyclic) bond motifs is 1. The van der Waals surface area contributed by atoms with Gasteiger partial charge in [0.05, 0.1) is 10.0 Å². The molecule has 2 amide bonds. The monoisotopic (exact) mass is 442 g/mol. The molecule has 0 bridgehead atoms. The van der Waals surface area contributed by atoms with Crippen molar-refractivity contribution in [2.24, 2.45) is 0 Å². The molecule has 2 heterocycles. The highest BCUT2D eigenvalue weighted by atomic mass is 35.5. The van der Waals surface area contributed by atoms with E-state index in [4.69, 9.17) is 23.2 Å². The number of urea groups is 1. The van der Waals surface area contributed by atoms with Crippen molar-refractivity contribution in [1.29, 1.82) is 0 Å². The van der Waals surface area contributed by atoms with Gasteiger partial charge >= 0.3 is 6.03 Å². The normalized spacial score (nSPS) is 12.4. The van der Waals surface area contributed by atoms with Crippen LogP contribution in [0.3, 0.4) is 0 Å². The fourth-order valence-electron chi connectivity index (χ4n) is 3.16. The van der Waals surface area contributed by atoms with Crippen LogP contribution < -0.4 is 5.32 Å². The van der Waals surface area contributed by atoms with Gasteiger partial charge < -0.3 is 15.1 Å². The first kappa shape index (κ1) is 22.6. The Labute approximate surface area is 182 Å². The van der Waals surface area contributed by atoms with Crippen molar-refractivity contribution in [2.75, 3.05) is 32.5 Å². The van der Waals surface area contributed by atoms with E-state index in [2.05, 4.69) is 22.4 Å². The highest BCUT2D eigenvalue weighted by Gasteiger charge is 2.16. The molecule has 28 heavy (non-hydrogen) atoms. The van der Waals surface area contributed by atoms with Crippen LogP contribution in [-0.2, 0) is 19.4 Å². The van der Waals surface area contributed by atoms with E-state index >= 15 is 0 Å². The van der Waals surface area contributed by atoms with Gasteiger partial charge in [0, 0.05) is 45.8 Å². The van der Waals surface area contributed by atoms with Crippen LogP contribution in [-0.4, -0.2) is 48.0 Å². The second-order valence-corrected chi connectivity index (χ2v) is 7.71. The number of aryl methyl sites for hydroxylation is 1. The van der Waals surface area contributed by atoms with E-state index in [1.807, 2.05) is 13.1 Å². The van der Waals surface area contributed by atoms with E-state index < -0.39 is 0 Å². The van der Waals surface area contributed by atoms with Gasteiger partial charge in [0.25, 0.3) is 0 Å². The third-order valence-electron chi connectivity index (χ3n) is 4.71. The molecular formula is C20H25Cl3N4O. The van der Waals surface area contributed by atoms with Gasteiger partial charge in [-0.2, -0.15) is 0 Å². The molecule has 8 heteroatoms. The third kappa shape index (κ3) is 5.66. The van der Waals surface area contributed by atoms with Crippen molar-refractivity contribution in [3.8, 4) is 0 Å². The van der Waals surface area contributed by atoms with Crippen LogP contribution in [0.25, 0.3) is 0 Å². The minimum atomic E-state index is -0.0443. The predicted octanol–water partition coefficient (Wildman–Crippen LogP) is 4.89. The average molecular weight is 444 g/mol. The number of hydrogen-bond donors (Lipinski definition) is 1. The largest absolute Gasteiger partial charge is 0.370 e. The molecule has 1 aliphatic rings.